The number of aromatic amines is 1. The van der Waals surface area contributed by atoms with Gasteiger partial charge in [0.25, 0.3) is 5.56 Å². The number of nitrogens with zero attached hydrogens (tertiary/aromatic N) is 1. The zero-order valence-electron chi connectivity index (χ0n) is 8.62. The molecule has 1 saturated heterocycles. The molecule has 1 aliphatic rings. The normalized spacial score (nSPS) is 32.9. The summed E-state index contributed by atoms with van der Waals surface area (Å²) < 4.78 is 6.92. The van der Waals surface area contributed by atoms with Crippen LogP contribution in [0.1, 0.15) is 6.23 Å². The number of hydrogen-bond acceptors (Lipinski definition) is 5. The van der Waals surface area contributed by atoms with Crippen molar-refractivity contribution in [2.75, 3.05) is 4.43 Å². The summed E-state index contributed by atoms with van der Waals surface area (Å²) in [5, 5.41) is 19.4. The first-order chi connectivity index (χ1) is 8.04. The largest absolute Gasteiger partial charge is 0.387 e. The molecule has 0 bridgehead atoms. The molecule has 2 heterocycles. The Morgan fingerprint density at radius 3 is 2.65 bits per heavy atom. The van der Waals surface area contributed by atoms with E-state index in [1.807, 2.05) is 22.6 Å². The second-order valence-electron chi connectivity index (χ2n) is 3.72. The highest BCUT2D eigenvalue weighted by atomic mass is 127. The molecule has 1 fully saturated rings. The van der Waals surface area contributed by atoms with E-state index in [0.29, 0.717) is 4.43 Å². The Kier molecular flexibility index (Phi) is 3.66. The number of H-pyrrole nitrogens is 1. The molecule has 1 aromatic rings. The first-order valence-corrected chi connectivity index (χ1v) is 6.46. The molecule has 0 radical (unpaired) electrons. The SMILES string of the molecule is O=c1ccn([C@H]2O[C@@H](CI)[C@H](O)[C@@H]2O)c(=O)[nH]1. The third-order valence-electron chi connectivity index (χ3n) is 2.61. The second kappa shape index (κ2) is 4.88. The molecule has 1 aliphatic heterocycles. The van der Waals surface area contributed by atoms with E-state index < -0.39 is 35.8 Å². The Balaban J connectivity index is 2.35. The third-order valence-corrected chi connectivity index (χ3v) is 3.48. The van der Waals surface area contributed by atoms with Gasteiger partial charge in [-0.05, 0) is 0 Å². The first kappa shape index (κ1) is 12.7. The fraction of sp³-hybridized carbons (Fsp3) is 0.556. The van der Waals surface area contributed by atoms with E-state index in [2.05, 4.69) is 4.98 Å². The van der Waals surface area contributed by atoms with Gasteiger partial charge < -0.3 is 14.9 Å². The molecular weight excluding hydrogens is 343 g/mol. The molecular formula is C9H11IN2O5. The fourth-order valence-corrected chi connectivity index (χ4v) is 2.44. The van der Waals surface area contributed by atoms with Gasteiger partial charge in [0.05, 0.1) is 6.10 Å². The van der Waals surface area contributed by atoms with E-state index in [1.54, 1.807) is 0 Å². The summed E-state index contributed by atoms with van der Waals surface area (Å²) in [4.78, 5) is 24.5. The predicted octanol–water partition coefficient (Wildman–Crippen LogP) is -1.41. The molecule has 94 valence electrons. The van der Waals surface area contributed by atoms with Gasteiger partial charge in [-0.15, -0.1) is 0 Å². The predicted molar refractivity (Wildman–Crippen MR) is 66.1 cm³/mol. The van der Waals surface area contributed by atoms with Crippen molar-refractivity contribution in [1.29, 1.82) is 0 Å². The van der Waals surface area contributed by atoms with Crippen LogP contribution in [0.4, 0.5) is 0 Å². The maximum atomic E-state index is 11.5. The van der Waals surface area contributed by atoms with E-state index in [0.717, 1.165) is 10.6 Å². The smallest absolute Gasteiger partial charge is 0.330 e. The van der Waals surface area contributed by atoms with Crippen molar-refractivity contribution in [2.45, 2.75) is 24.5 Å². The molecule has 17 heavy (non-hydrogen) atoms. The number of aromatic nitrogens is 2. The Bertz CT molecular complexity index is 513. The second-order valence-corrected chi connectivity index (χ2v) is 4.60. The van der Waals surface area contributed by atoms with Gasteiger partial charge in [0.15, 0.2) is 6.23 Å². The maximum absolute atomic E-state index is 11.5. The number of hydrogen-bond donors (Lipinski definition) is 3. The number of rotatable bonds is 2. The van der Waals surface area contributed by atoms with Crippen LogP contribution in [0.15, 0.2) is 21.9 Å². The topological polar surface area (TPSA) is 105 Å². The highest BCUT2D eigenvalue weighted by Crippen LogP contribution is 2.28. The van der Waals surface area contributed by atoms with Crippen molar-refractivity contribution in [3.8, 4) is 0 Å². The lowest BCUT2D eigenvalue weighted by Crippen LogP contribution is -2.37. The van der Waals surface area contributed by atoms with Gasteiger partial charge in [-0.2, -0.15) is 0 Å². The van der Waals surface area contributed by atoms with Crippen LogP contribution in [-0.4, -0.2) is 42.5 Å². The summed E-state index contributed by atoms with van der Waals surface area (Å²) in [6.45, 7) is 0. The molecule has 0 saturated carbocycles. The number of alkyl halides is 1. The Morgan fingerprint density at radius 2 is 2.12 bits per heavy atom. The van der Waals surface area contributed by atoms with Gasteiger partial charge in [0, 0.05) is 16.7 Å². The summed E-state index contributed by atoms with van der Waals surface area (Å²) in [5.74, 6) is 0. The van der Waals surface area contributed by atoms with Crippen molar-refractivity contribution in [2.24, 2.45) is 0 Å². The minimum absolute atomic E-state index is 0.491. The van der Waals surface area contributed by atoms with Crippen LogP contribution >= 0.6 is 22.6 Å². The molecule has 7 nitrogen and oxygen atoms in total. The Morgan fingerprint density at radius 1 is 1.41 bits per heavy atom. The maximum Gasteiger partial charge on any atom is 0.330 e. The first-order valence-electron chi connectivity index (χ1n) is 4.93. The van der Waals surface area contributed by atoms with Crippen LogP contribution < -0.4 is 11.2 Å². The van der Waals surface area contributed by atoms with Crippen LogP contribution in [0.5, 0.6) is 0 Å². The summed E-state index contributed by atoms with van der Waals surface area (Å²) in [6.07, 6.45) is -2.52. The molecule has 1 aromatic heterocycles. The van der Waals surface area contributed by atoms with Crippen LogP contribution in [0.3, 0.4) is 0 Å². The monoisotopic (exact) mass is 354 g/mol. The number of ether oxygens (including phenoxy) is 1. The standard InChI is InChI=1S/C9H11IN2O5/c10-3-4-6(14)7(15)8(17-4)12-2-1-5(13)11-9(12)16/h1-2,4,6-8,14-15H,3H2,(H,11,13,16)/t4-,6-,7-,8-/m0/s1. The average molecular weight is 354 g/mol. The Hall–Kier alpha value is -0.710. The minimum atomic E-state index is -1.20. The third kappa shape index (κ3) is 2.30. The fourth-order valence-electron chi connectivity index (χ4n) is 1.71. The van der Waals surface area contributed by atoms with E-state index in [9.17, 15) is 19.8 Å². The van der Waals surface area contributed by atoms with Gasteiger partial charge >= 0.3 is 5.69 Å². The molecule has 8 heteroatoms. The number of halogens is 1. The van der Waals surface area contributed by atoms with Crippen molar-refractivity contribution in [1.82, 2.24) is 9.55 Å². The summed E-state index contributed by atoms with van der Waals surface area (Å²) >= 11 is 2.02. The lowest BCUT2D eigenvalue weighted by molar-refractivity contribution is -0.0335. The molecule has 0 aliphatic carbocycles. The van der Waals surface area contributed by atoms with Crippen LogP contribution in [0.2, 0.25) is 0 Å². The highest BCUT2D eigenvalue weighted by Gasteiger charge is 2.43. The average Bonchev–Trinajstić information content (AvgIpc) is 2.57. The van der Waals surface area contributed by atoms with Crippen LogP contribution in [0, 0.1) is 0 Å². The van der Waals surface area contributed by atoms with E-state index in [4.69, 9.17) is 4.74 Å². The summed E-state index contributed by atoms with van der Waals surface area (Å²) in [6, 6.07) is 1.15. The molecule has 3 N–H and O–H groups in total. The van der Waals surface area contributed by atoms with Crippen molar-refractivity contribution in [3.05, 3.63) is 33.1 Å². The van der Waals surface area contributed by atoms with Gasteiger partial charge in [0.2, 0.25) is 0 Å². The van der Waals surface area contributed by atoms with Crippen molar-refractivity contribution < 1.29 is 14.9 Å². The van der Waals surface area contributed by atoms with Gasteiger partial charge in [-0.3, -0.25) is 14.3 Å². The summed E-state index contributed by atoms with van der Waals surface area (Å²) in [7, 11) is 0. The van der Waals surface area contributed by atoms with E-state index in [1.165, 1.54) is 6.20 Å². The quantitative estimate of drug-likeness (QED) is 0.447. The molecule has 0 aromatic carbocycles. The number of aliphatic hydroxyl groups is 2. The van der Waals surface area contributed by atoms with Gasteiger partial charge in [-0.25, -0.2) is 4.79 Å². The minimum Gasteiger partial charge on any atom is -0.387 e. The van der Waals surface area contributed by atoms with Crippen molar-refractivity contribution in [3.63, 3.8) is 0 Å². The van der Waals surface area contributed by atoms with E-state index >= 15 is 0 Å². The zero-order chi connectivity index (χ0) is 12.6. The van der Waals surface area contributed by atoms with E-state index in [-0.39, 0.29) is 0 Å². The molecule has 0 spiro atoms. The highest BCUT2D eigenvalue weighted by molar-refractivity contribution is 14.1. The van der Waals surface area contributed by atoms with Gasteiger partial charge in [-0.1, -0.05) is 22.6 Å². The molecule has 4 atom stereocenters. The molecule has 2 rings (SSSR count). The Labute approximate surface area is 109 Å². The lowest BCUT2D eigenvalue weighted by atomic mass is 10.1. The number of nitrogens with one attached hydrogen (secondary N) is 1. The number of aliphatic hydroxyl groups excluding tert-OH is 2. The van der Waals surface area contributed by atoms with Gasteiger partial charge in [0.1, 0.15) is 12.2 Å². The summed E-state index contributed by atoms with van der Waals surface area (Å²) in [5.41, 5.74) is -1.20. The molecule has 0 unspecified atom stereocenters. The zero-order valence-corrected chi connectivity index (χ0v) is 10.8. The lowest BCUT2D eigenvalue weighted by Gasteiger charge is -2.16. The molecule has 0 amide bonds. The van der Waals surface area contributed by atoms with Crippen LogP contribution in [-0.2, 0) is 4.74 Å². The van der Waals surface area contributed by atoms with Crippen molar-refractivity contribution >= 4 is 22.6 Å². The van der Waals surface area contributed by atoms with Crippen LogP contribution in [0.25, 0.3) is 0 Å².